The maximum Gasteiger partial charge on any atom is 0.235 e. The molecule has 10 aromatic rings. The molecule has 0 amide bonds. The van der Waals surface area contributed by atoms with Crippen molar-refractivity contribution >= 4 is 65.0 Å². The van der Waals surface area contributed by atoms with E-state index in [1.807, 2.05) is 0 Å². The Kier molecular flexibility index (Phi) is 5.00. The third kappa shape index (κ3) is 3.52. The highest BCUT2D eigenvalue weighted by Crippen LogP contribution is 2.44. The zero-order valence-corrected chi connectivity index (χ0v) is 24.3. The fourth-order valence-corrected chi connectivity index (χ4v) is 7.32. The molecular formula is C42H25N3. The largest absolute Gasteiger partial charge is 0.278 e. The molecule has 3 heteroatoms. The summed E-state index contributed by atoms with van der Waals surface area (Å²) in [6.07, 6.45) is 0. The lowest BCUT2D eigenvalue weighted by Gasteiger charge is -2.12. The van der Waals surface area contributed by atoms with Gasteiger partial charge in [0.1, 0.15) is 0 Å². The van der Waals surface area contributed by atoms with Gasteiger partial charge in [-0.3, -0.25) is 4.57 Å². The van der Waals surface area contributed by atoms with Gasteiger partial charge < -0.3 is 0 Å². The van der Waals surface area contributed by atoms with Crippen molar-refractivity contribution in [2.45, 2.75) is 0 Å². The second-order valence-electron chi connectivity index (χ2n) is 11.8. The van der Waals surface area contributed by atoms with Gasteiger partial charge in [-0.15, -0.1) is 0 Å². The van der Waals surface area contributed by atoms with Gasteiger partial charge in [-0.25, -0.2) is 9.97 Å². The van der Waals surface area contributed by atoms with Crippen molar-refractivity contribution in [1.29, 1.82) is 0 Å². The van der Waals surface area contributed by atoms with Crippen LogP contribution in [0.25, 0.3) is 93.4 Å². The number of nitrogens with zero attached hydrogens (tertiary/aromatic N) is 3. The van der Waals surface area contributed by atoms with E-state index in [1.165, 1.54) is 54.2 Å². The minimum absolute atomic E-state index is 0.680. The average Bonchev–Trinajstić information content (AvgIpc) is 3.46. The van der Waals surface area contributed by atoms with Gasteiger partial charge in [-0.2, -0.15) is 0 Å². The molecule has 208 valence electrons. The first kappa shape index (κ1) is 24.4. The van der Waals surface area contributed by atoms with Crippen LogP contribution >= 0.6 is 0 Å². The normalized spacial score (nSPS) is 12.0. The fourth-order valence-electron chi connectivity index (χ4n) is 7.32. The number of rotatable bonds is 3. The minimum Gasteiger partial charge on any atom is -0.278 e. The van der Waals surface area contributed by atoms with Crippen molar-refractivity contribution in [2.24, 2.45) is 0 Å². The van der Waals surface area contributed by atoms with E-state index in [1.54, 1.807) is 0 Å². The number of aromatic nitrogens is 3. The number of fused-ring (bicyclic) bond motifs is 5. The van der Waals surface area contributed by atoms with Crippen LogP contribution in [0.3, 0.4) is 0 Å². The summed E-state index contributed by atoms with van der Waals surface area (Å²) in [5.74, 6) is 0.680. The highest BCUT2D eigenvalue weighted by Gasteiger charge is 2.22. The molecular weight excluding hydrogens is 546 g/mol. The Hall–Kier alpha value is -6.06. The predicted octanol–water partition coefficient (Wildman–Crippen LogP) is 11.0. The Morgan fingerprint density at radius 1 is 0.378 bits per heavy atom. The molecule has 0 bridgehead atoms. The number of para-hydroxylation sites is 1. The van der Waals surface area contributed by atoms with Crippen LogP contribution in [0, 0.1) is 0 Å². The Bertz CT molecular complexity index is 2650. The van der Waals surface area contributed by atoms with Crippen molar-refractivity contribution in [3.8, 4) is 28.3 Å². The molecule has 45 heavy (non-hydrogen) atoms. The molecule has 10 rings (SSSR count). The molecule has 0 aliphatic rings. The molecule has 8 aromatic carbocycles. The van der Waals surface area contributed by atoms with E-state index in [-0.39, 0.29) is 0 Å². The van der Waals surface area contributed by atoms with E-state index in [0.717, 1.165) is 33.2 Å². The summed E-state index contributed by atoms with van der Waals surface area (Å²) in [6.45, 7) is 0. The summed E-state index contributed by atoms with van der Waals surface area (Å²) in [5.41, 5.74) is 7.52. The van der Waals surface area contributed by atoms with Crippen molar-refractivity contribution in [1.82, 2.24) is 14.5 Å². The third-order valence-corrected chi connectivity index (χ3v) is 9.32. The van der Waals surface area contributed by atoms with Gasteiger partial charge in [0, 0.05) is 21.7 Å². The summed E-state index contributed by atoms with van der Waals surface area (Å²) in [5, 5.41) is 11.1. The summed E-state index contributed by atoms with van der Waals surface area (Å²) in [4.78, 5) is 10.6. The van der Waals surface area contributed by atoms with Crippen LogP contribution < -0.4 is 0 Å². The second kappa shape index (κ2) is 9.22. The molecule has 0 atom stereocenters. The quantitative estimate of drug-likeness (QED) is 0.156. The predicted molar refractivity (Wildman–Crippen MR) is 188 cm³/mol. The monoisotopic (exact) mass is 571 g/mol. The average molecular weight is 572 g/mol. The van der Waals surface area contributed by atoms with Gasteiger partial charge in [0.2, 0.25) is 5.95 Å². The van der Waals surface area contributed by atoms with Crippen LogP contribution in [0.5, 0.6) is 0 Å². The maximum atomic E-state index is 5.37. The molecule has 0 aliphatic heterocycles. The second-order valence-corrected chi connectivity index (χ2v) is 11.8. The van der Waals surface area contributed by atoms with Gasteiger partial charge in [0.15, 0.2) is 0 Å². The van der Waals surface area contributed by atoms with Gasteiger partial charge in [-0.1, -0.05) is 115 Å². The molecule has 0 saturated carbocycles. The standard InChI is InChI=1S/C42H25N3/c1-2-11-26(12-3-1)27-15-8-16-30(23-27)41-33-17-6-7-20-36(33)43-42(44-41)45-37-21-9-18-31-34-24-28-13-4-5-14-29(28)25-35(34)32-19-10-22-38(45)40(32)39(31)37/h1-25H. The molecule has 0 saturated heterocycles. The third-order valence-electron chi connectivity index (χ3n) is 9.32. The molecule has 0 aliphatic carbocycles. The molecule has 2 aromatic heterocycles. The van der Waals surface area contributed by atoms with Gasteiger partial charge in [-0.05, 0) is 79.8 Å². The Labute approximate surface area is 259 Å². The molecule has 0 fully saturated rings. The fraction of sp³-hybridized carbons (Fsp3) is 0. The van der Waals surface area contributed by atoms with E-state index in [0.29, 0.717) is 5.95 Å². The zero-order valence-electron chi connectivity index (χ0n) is 24.3. The highest BCUT2D eigenvalue weighted by molar-refractivity contribution is 6.35. The molecule has 0 spiro atoms. The topological polar surface area (TPSA) is 30.7 Å². The first-order valence-corrected chi connectivity index (χ1v) is 15.3. The highest BCUT2D eigenvalue weighted by atomic mass is 15.2. The van der Waals surface area contributed by atoms with Crippen LogP contribution in [0.4, 0.5) is 0 Å². The maximum absolute atomic E-state index is 5.37. The first-order chi connectivity index (χ1) is 22.3. The number of hydrogen-bond acceptors (Lipinski definition) is 2. The lowest BCUT2D eigenvalue weighted by molar-refractivity contribution is 1.01. The molecule has 0 unspecified atom stereocenters. The van der Waals surface area contributed by atoms with Crippen LogP contribution in [0.1, 0.15) is 0 Å². The Morgan fingerprint density at radius 2 is 0.933 bits per heavy atom. The van der Waals surface area contributed by atoms with Crippen molar-refractivity contribution in [3.63, 3.8) is 0 Å². The van der Waals surface area contributed by atoms with Crippen LogP contribution in [0.2, 0.25) is 0 Å². The van der Waals surface area contributed by atoms with E-state index in [9.17, 15) is 0 Å². The lowest BCUT2D eigenvalue weighted by Crippen LogP contribution is -2.03. The van der Waals surface area contributed by atoms with E-state index < -0.39 is 0 Å². The Morgan fingerprint density at radius 3 is 1.64 bits per heavy atom. The minimum atomic E-state index is 0.680. The zero-order chi connectivity index (χ0) is 29.5. The number of hydrogen-bond donors (Lipinski definition) is 0. The SMILES string of the molecule is c1ccc(-c2cccc(-c3nc(-n4c5cccc6c7cc8ccccc8cc7c7cccc4c7c65)nc4ccccc34)c2)cc1. The summed E-state index contributed by atoms with van der Waals surface area (Å²) in [7, 11) is 0. The van der Waals surface area contributed by atoms with Crippen molar-refractivity contribution in [2.75, 3.05) is 0 Å². The van der Waals surface area contributed by atoms with Gasteiger partial charge in [0.25, 0.3) is 0 Å². The van der Waals surface area contributed by atoms with E-state index in [4.69, 9.17) is 9.97 Å². The van der Waals surface area contributed by atoms with Crippen molar-refractivity contribution in [3.05, 3.63) is 152 Å². The van der Waals surface area contributed by atoms with Gasteiger partial charge >= 0.3 is 0 Å². The molecule has 0 N–H and O–H groups in total. The van der Waals surface area contributed by atoms with E-state index >= 15 is 0 Å². The molecule has 3 nitrogen and oxygen atoms in total. The molecule has 0 radical (unpaired) electrons. The first-order valence-electron chi connectivity index (χ1n) is 15.3. The smallest absolute Gasteiger partial charge is 0.235 e. The summed E-state index contributed by atoms with van der Waals surface area (Å²) in [6, 6.07) is 54.2. The van der Waals surface area contributed by atoms with Crippen LogP contribution in [-0.2, 0) is 0 Å². The summed E-state index contributed by atoms with van der Waals surface area (Å²) >= 11 is 0. The lowest BCUT2D eigenvalue weighted by atomic mass is 9.92. The van der Waals surface area contributed by atoms with E-state index in [2.05, 4.69) is 156 Å². The van der Waals surface area contributed by atoms with Gasteiger partial charge in [0.05, 0.1) is 22.2 Å². The molecule has 2 heterocycles. The van der Waals surface area contributed by atoms with Crippen LogP contribution in [0.15, 0.2) is 152 Å². The number of benzene rings is 8. The summed E-state index contributed by atoms with van der Waals surface area (Å²) < 4.78 is 2.26. The van der Waals surface area contributed by atoms with Crippen LogP contribution in [-0.4, -0.2) is 14.5 Å². The Balaban J connectivity index is 1.30. The van der Waals surface area contributed by atoms with Crippen molar-refractivity contribution < 1.29 is 0 Å².